The molecule has 0 aromatic heterocycles. The average Bonchev–Trinajstić information content (AvgIpc) is 2.15. The first-order valence-electron chi connectivity index (χ1n) is 4.90. The third-order valence-electron chi connectivity index (χ3n) is 2.73. The number of nitrogens with two attached hydrogens (primary N) is 1. The zero-order valence-corrected chi connectivity index (χ0v) is 9.42. The Morgan fingerprint density at radius 1 is 1.14 bits per heavy atom. The number of hydrogen-bond acceptors (Lipinski definition) is 2. The molecule has 1 unspecified atom stereocenters. The highest BCUT2D eigenvalue weighted by Crippen LogP contribution is 2.23. The Balaban J connectivity index is 3.14. The van der Waals surface area contributed by atoms with E-state index in [-0.39, 0.29) is 6.10 Å². The van der Waals surface area contributed by atoms with Crippen molar-refractivity contribution in [2.45, 2.75) is 26.9 Å². The Kier molecular flexibility index (Phi) is 3.67. The molecular formula is C12H19NO. The van der Waals surface area contributed by atoms with E-state index in [0.29, 0.717) is 6.54 Å². The fourth-order valence-electron chi connectivity index (χ4n) is 1.68. The van der Waals surface area contributed by atoms with Crippen LogP contribution in [0.25, 0.3) is 0 Å². The molecule has 0 fully saturated rings. The Hall–Kier alpha value is -0.860. The maximum Gasteiger partial charge on any atom is 0.0945 e. The highest BCUT2D eigenvalue weighted by Gasteiger charge is 2.11. The fraction of sp³-hybridized carbons (Fsp3) is 0.500. The quantitative estimate of drug-likeness (QED) is 0.799. The lowest BCUT2D eigenvalue weighted by Gasteiger charge is -2.17. The normalized spacial score (nSPS) is 12.9. The number of methoxy groups -OCH3 is 1. The van der Waals surface area contributed by atoms with Gasteiger partial charge in [0.15, 0.2) is 0 Å². The second-order valence-corrected chi connectivity index (χ2v) is 3.75. The average molecular weight is 193 g/mol. The van der Waals surface area contributed by atoms with Crippen LogP contribution in [-0.2, 0) is 4.74 Å². The first-order valence-corrected chi connectivity index (χ1v) is 4.90. The molecule has 0 saturated carbocycles. The number of hydrogen-bond donors (Lipinski definition) is 1. The van der Waals surface area contributed by atoms with Crippen molar-refractivity contribution in [1.29, 1.82) is 0 Å². The smallest absolute Gasteiger partial charge is 0.0945 e. The Bertz CT molecular complexity index is 316. The first kappa shape index (κ1) is 11.2. The molecule has 0 aliphatic heterocycles. The number of ether oxygens (including phenoxy) is 1. The lowest BCUT2D eigenvalue weighted by molar-refractivity contribution is 0.110. The van der Waals surface area contributed by atoms with Crippen LogP contribution >= 0.6 is 0 Å². The Labute approximate surface area is 86.1 Å². The minimum atomic E-state index is 0.0225. The maximum atomic E-state index is 5.65. The van der Waals surface area contributed by atoms with Crippen LogP contribution in [0.2, 0.25) is 0 Å². The SMILES string of the molecule is COC(CN)c1cc(C)c(C)cc1C. The number of benzene rings is 1. The summed E-state index contributed by atoms with van der Waals surface area (Å²) in [6.45, 7) is 6.86. The predicted octanol–water partition coefficient (Wildman–Crippen LogP) is 2.26. The summed E-state index contributed by atoms with van der Waals surface area (Å²) in [6.07, 6.45) is 0.0225. The van der Waals surface area contributed by atoms with Gasteiger partial charge in [0.25, 0.3) is 0 Å². The van der Waals surface area contributed by atoms with E-state index in [1.807, 2.05) is 0 Å². The molecular weight excluding hydrogens is 174 g/mol. The molecule has 78 valence electrons. The van der Waals surface area contributed by atoms with Crippen molar-refractivity contribution in [2.24, 2.45) is 5.73 Å². The van der Waals surface area contributed by atoms with E-state index in [4.69, 9.17) is 10.5 Å². The van der Waals surface area contributed by atoms with Gasteiger partial charge in [-0.05, 0) is 43.0 Å². The van der Waals surface area contributed by atoms with Gasteiger partial charge in [0.1, 0.15) is 0 Å². The van der Waals surface area contributed by atoms with Gasteiger partial charge in [-0.15, -0.1) is 0 Å². The fourth-order valence-corrected chi connectivity index (χ4v) is 1.68. The molecule has 0 saturated heterocycles. The summed E-state index contributed by atoms with van der Waals surface area (Å²) >= 11 is 0. The van der Waals surface area contributed by atoms with Gasteiger partial charge in [-0.25, -0.2) is 0 Å². The highest BCUT2D eigenvalue weighted by atomic mass is 16.5. The van der Waals surface area contributed by atoms with Crippen molar-refractivity contribution in [2.75, 3.05) is 13.7 Å². The third-order valence-corrected chi connectivity index (χ3v) is 2.73. The largest absolute Gasteiger partial charge is 0.375 e. The van der Waals surface area contributed by atoms with Crippen molar-refractivity contribution in [3.63, 3.8) is 0 Å². The Morgan fingerprint density at radius 3 is 2.21 bits per heavy atom. The molecule has 0 aliphatic rings. The molecule has 0 spiro atoms. The predicted molar refractivity (Wildman–Crippen MR) is 59.5 cm³/mol. The number of rotatable bonds is 3. The molecule has 2 heteroatoms. The zero-order chi connectivity index (χ0) is 10.7. The third kappa shape index (κ3) is 2.14. The summed E-state index contributed by atoms with van der Waals surface area (Å²) in [6, 6.07) is 4.36. The van der Waals surface area contributed by atoms with E-state index in [1.165, 1.54) is 22.3 Å². The minimum absolute atomic E-state index is 0.0225. The monoisotopic (exact) mass is 193 g/mol. The van der Waals surface area contributed by atoms with Crippen molar-refractivity contribution in [3.05, 3.63) is 34.4 Å². The molecule has 0 bridgehead atoms. The van der Waals surface area contributed by atoms with Crippen LogP contribution in [0.5, 0.6) is 0 Å². The van der Waals surface area contributed by atoms with E-state index < -0.39 is 0 Å². The van der Waals surface area contributed by atoms with Gasteiger partial charge in [0, 0.05) is 13.7 Å². The number of aryl methyl sites for hydroxylation is 3. The van der Waals surface area contributed by atoms with Crippen LogP contribution in [0, 0.1) is 20.8 Å². The minimum Gasteiger partial charge on any atom is -0.375 e. The van der Waals surface area contributed by atoms with Crippen LogP contribution in [-0.4, -0.2) is 13.7 Å². The first-order chi connectivity index (χ1) is 6.60. The van der Waals surface area contributed by atoms with Crippen molar-refractivity contribution in [3.8, 4) is 0 Å². The summed E-state index contributed by atoms with van der Waals surface area (Å²) in [5.74, 6) is 0. The molecule has 0 radical (unpaired) electrons. The van der Waals surface area contributed by atoms with Gasteiger partial charge in [-0.3, -0.25) is 0 Å². The summed E-state index contributed by atoms with van der Waals surface area (Å²) in [5.41, 5.74) is 10.7. The molecule has 0 heterocycles. The van der Waals surface area contributed by atoms with E-state index in [0.717, 1.165) is 0 Å². The molecule has 1 aromatic carbocycles. The molecule has 2 N–H and O–H groups in total. The summed E-state index contributed by atoms with van der Waals surface area (Å²) in [5, 5.41) is 0. The Morgan fingerprint density at radius 2 is 1.71 bits per heavy atom. The molecule has 1 rings (SSSR count). The van der Waals surface area contributed by atoms with Gasteiger partial charge in [-0.1, -0.05) is 12.1 Å². The van der Waals surface area contributed by atoms with Gasteiger partial charge < -0.3 is 10.5 Å². The second-order valence-electron chi connectivity index (χ2n) is 3.75. The topological polar surface area (TPSA) is 35.2 Å². The lowest BCUT2D eigenvalue weighted by atomic mass is 9.97. The maximum absolute atomic E-state index is 5.65. The summed E-state index contributed by atoms with van der Waals surface area (Å²) < 4.78 is 5.34. The lowest BCUT2D eigenvalue weighted by Crippen LogP contribution is -2.15. The van der Waals surface area contributed by atoms with Gasteiger partial charge in [0.05, 0.1) is 6.10 Å². The van der Waals surface area contributed by atoms with Gasteiger partial charge in [-0.2, -0.15) is 0 Å². The summed E-state index contributed by atoms with van der Waals surface area (Å²) in [4.78, 5) is 0. The van der Waals surface area contributed by atoms with Crippen LogP contribution in [0.3, 0.4) is 0 Å². The standard InChI is InChI=1S/C12H19NO/c1-8-5-10(3)11(6-9(8)2)12(7-13)14-4/h5-6,12H,7,13H2,1-4H3. The van der Waals surface area contributed by atoms with Crippen LogP contribution in [0.15, 0.2) is 12.1 Å². The van der Waals surface area contributed by atoms with E-state index >= 15 is 0 Å². The van der Waals surface area contributed by atoms with Crippen molar-refractivity contribution in [1.82, 2.24) is 0 Å². The van der Waals surface area contributed by atoms with Gasteiger partial charge in [0.2, 0.25) is 0 Å². The molecule has 1 atom stereocenters. The summed E-state index contributed by atoms with van der Waals surface area (Å²) in [7, 11) is 1.70. The van der Waals surface area contributed by atoms with Crippen LogP contribution < -0.4 is 5.73 Å². The molecule has 2 nitrogen and oxygen atoms in total. The van der Waals surface area contributed by atoms with Crippen molar-refractivity contribution < 1.29 is 4.74 Å². The van der Waals surface area contributed by atoms with E-state index in [9.17, 15) is 0 Å². The van der Waals surface area contributed by atoms with Crippen LogP contribution in [0.1, 0.15) is 28.4 Å². The molecule has 1 aromatic rings. The second kappa shape index (κ2) is 4.58. The van der Waals surface area contributed by atoms with Crippen molar-refractivity contribution >= 4 is 0 Å². The van der Waals surface area contributed by atoms with Crippen LogP contribution in [0.4, 0.5) is 0 Å². The molecule has 0 aliphatic carbocycles. The van der Waals surface area contributed by atoms with Gasteiger partial charge >= 0.3 is 0 Å². The zero-order valence-electron chi connectivity index (χ0n) is 9.42. The molecule has 0 amide bonds. The molecule has 14 heavy (non-hydrogen) atoms. The highest BCUT2D eigenvalue weighted by molar-refractivity contribution is 5.37. The van der Waals surface area contributed by atoms with E-state index in [2.05, 4.69) is 32.9 Å². The van der Waals surface area contributed by atoms with E-state index in [1.54, 1.807) is 7.11 Å².